The van der Waals surface area contributed by atoms with E-state index >= 15 is 0 Å². The number of amides is 2. The Morgan fingerprint density at radius 3 is 2.37 bits per heavy atom. The first-order valence-electron chi connectivity index (χ1n) is 9.07. The molecule has 0 saturated heterocycles. The average Bonchev–Trinajstić information content (AvgIpc) is 2.87. The lowest BCUT2D eigenvalue weighted by atomic mass is 10.1. The van der Waals surface area contributed by atoms with Crippen molar-refractivity contribution in [2.75, 3.05) is 33.4 Å². The number of halogens is 1. The van der Waals surface area contributed by atoms with E-state index in [4.69, 9.17) is 4.74 Å². The van der Waals surface area contributed by atoms with Gasteiger partial charge in [0, 0.05) is 32.8 Å². The number of nitrogens with one attached hydrogen (secondary N) is 2. The Labute approximate surface area is 178 Å². The van der Waals surface area contributed by atoms with Crippen molar-refractivity contribution in [1.29, 1.82) is 0 Å². The number of nitrogens with zero attached hydrogens (tertiary/aromatic N) is 2. The van der Waals surface area contributed by atoms with Crippen molar-refractivity contribution in [2.45, 2.75) is 32.7 Å². The molecular formula is C19H29IN4O3. The summed E-state index contributed by atoms with van der Waals surface area (Å²) in [6.45, 7) is 6.47. The fourth-order valence-electron chi connectivity index (χ4n) is 2.86. The molecule has 150 valence electrons. The summed E-state index contributed by atoms with van der Waals surface area (Å²) in [5, 5.41) is 6.47. The van der Waals surface area contributed by atoms with Gasteiger partial charge in [0.15, 0.2) is 5.96 Å². The van der Waals surface area contributed by atoms with Crippen LogP contribution in [0.1, 0.15) is 47.4 Å². The van der Waals surface area contributed by atoms with Gasteiger partial charge >= 0.3 is 0 Å². The minimum atomic E-state index is -0.197. The smallest absolute Gasteiger partial charge is 0.261 e. The molecule has 0 radical (unpaired) electrons. The van der Waals surface area contributed by atoms with Gasteiger partial charge in [-0.15, -0.1) is 24.0 Å². The number of fused-ring (bicyclic) bond motifs is 1. The first-order valence-corrected chi connectivity index (χ1v) is 9.07. The van der Waals surface area contributed by atoms with E-state index in [0.717, 1.165) is 25.3 Å². The number of methoxy groups -OCH3 is 1. The lowest BCUT2D eigenvalue weighted by Gasteiger charge is -2.17. The molecule has 1 aromatic carbocycles. The highest BCUT2D eigenvalue weighted by Crippen LogP contribution is 2.22. The standard InChI is InChI=1S/C19H28N4O3.HI/c1-4-20-19(22-14(2)13-26-3)21-11-7-8-12-23-17(24)15-9-5-6-10-16(15)18(23)25;/h5-6,9-10,14H,4,7-8,11-13H2,1-3H3,(H2,20,21,22);1H. The van der Waals surface area contributed by atoms with E-state index in [-0.39, 0.29) is 41.8 Å². The van der Waals surface area contributed by atoms with Crippen LogP contribution in [0, 0.1) is 0 Å². The number of imide groups is 1. The van der Waals surface area contributed by atoms with Crippen LogP contribution in [0.2, 0.25) is 0 Å². The molecule has 0 aromatic heterocycles. The summed E-state index contributed by atoms with van der Waals surface area (Å²) in [7, 11) is 1.67. The van der Waals surface area contributed by atoms with Crippen molar-refractivity contribution in [3.63, 3.8) is 0 Å². The minimum absolute atomic E-state index is 0. The predicted octanol–water partition coefficient (Wildman–Crippen LogP) is 2.27. The molecule has 1 aliphatic heterocycles. The molecule has 2 amide bonds. The third-order valence-corrected chi connectivity index (χ3v) is 4.08. The zero-order chi connectivity index (χ0) is 18.9. The summed E-state index contributed by atoms with van der Waals surface area (Å²) in [5.41, 5.74) is 1.00. The van der Waals surface area contributed by atoms with Crippen molar-refractivity contribution >= 4 is 41.8 Å². The number of ether oxygens (including phenoxy) is 1. The lowest BCUT2D eigenvalue weighted by Crippen LogP contribution is -2.44. The molecule has 1 atom stereocenters. The van der Waals surface area contributed by atoms with Gasteiger partial charge in [-0.25, -0.2) is 0 Å². The number of benzene rings is 1. The minimum Gasteiger partial charge on any atom is -0.383 e. The maximum atomic E-state index is 12.3. The Hall–Kier alpha value is -1.68. The second kappa shape index (κ2) is 11.9. The fraction of sp³-hybridized carbons (Fsp3) is 0.526. The largest absolute Gasteiger partial charge is 0.383 e. The third kappa shape index (κ3) is 6.46. The zero-order valence-electron chi connectivity index (χ0n) is 16.2. The van der Waals surface area contributed by atoms with Crippen LogP contribution in [0.5, 0.6) is 0 Å². The number of hydrogen-bond acceptors (Lipinski definition) is 4. The molecule has 8 heteroatoms. The maximum absolute atomic E-state index is 12.3. The summed E-state index contributed by atoms with van der Waals surface area (Å²) in [6, 6.07) is 7.13. The molecule has 1 heterocycles. The summed E-state index contributed by atoms with van der Waals surface area (Å²) in [6.07, 6.45) is 1.52. The average molecular weight is 488 g/mol. The maximum Gasteiger partial charge on any atom is 0.261 e. The fourth-order valence-corrected chi connectivity index (χ4v) is 2.86. The van der Waals surface area contributed by atoms with Crippen LogP contribution in [0.4, 0.5) is 0 Å². The van der Waals surface area contributed by atoms with Crippen LogP contribution in [-0.4, -0.2) is 62.1 Å². The van der Waals surface area contributed by atoms with Crippen LogP contribution in [-0.2, 0) is 4.74 Å². The van der Waals surface area contributed by atoms with Crippen molar-refractivity contribution in [3.05, 3.63) is 35.4 Å². The molecule has 1 aliphatic rings. The second-order valence-electron chi connectivity index (χ2n) is 6.28. The van der Waals surface area contributed by atoms with Crippen LogP contribution in [0.15, 0.2) is 29.3 Å². The highest BCUT2D eigenvalue weighted by atomic mass is 127. The van der Waals surface area contributed by atoms with Gasteiger partial charge in [-0.1, -0.05) is 12.1 Å². The Bertz CT molecular complexity index is 631. The topological polar surface area (TPSA) is 83.0 Å². The normalized spacial score (nSPS) is 14.6. The van der Waals surface area contributed by atoms with Gasteiger partial charge in [-0.3, -0.25) is 19.5 Å². The van der Waals surface area contributed by atoms with Gasteiger partial charge < -0.3 is 15.4 Å². The predicted molar refractivity (Wildman–Crippen MR) is 117 cm³/mol. The summed E-state index contributed by atoms with van der Waals surface area (Å²) in [5.74, 6) is 0.354. The molecule has 7 nitrogen and oxygen atoms in total. The number of unbranched alkanes of at least 4 members (excludes halogenated alkanes) is 1. The van der Waals surface area contributed by atoms with E-state index in [1.807, 2.05) is 13.8 Å². The molecule has 0 saturated carbocycles. The van der Waals surface area contributed by atoms with Crippen LogP contribution >= 0.6 is 24.0 Å². The van der Waals surface area contributed by atoms with Crippen molar-refractivity contribution in [3.8, 4) is 0 Å². The number of guanidine groups is 1. The molecule has 0 fully saturated rings. The molecule has 1 aromatic rings. The third-order valence-electron chi connectivity index (χ3n) is 4.08. The van der Waals surface area contributed by atoms with E-state index in [2.05, 4.69) is 15.6 Å². The summed E-state index contributed by atoms with van der Waals surface area (Å²) < 4.78 is 5.11. The van der Waals surface area contributed by atoms with E-state index in [1.165, 1.54) is 4.90 Å². The molecule has 1 unspecified atom stereocenters. The SMILES string of the molecule is CCNC(=NCCCCN1C(=O)c2ccccc2C1=O)NC(C)COC.I. The highest BCUT2D eigenvalue weighted by Gasteiger charge is 2.34. The van der Waals surface area contributed by atoms with Gasteiger partial charge in [-0.05, 0) is 38.8 Å². The summed E-state index contributed by atoms with van der Waals surface area (Å²) in [4.78, 5) is 30.4. The first-order chi connectivity index (χ1) is 12.6. The Kier molecular flexibility index (Phi) is 10.3. The second-order valence-corrected chi connectivity index (χ2v) is 6.28. The van der Waals surface area contributed by atoms with E-state index < -0.39 is 0 Å². The van der Waals surface area contributed by atoms with Crippen molar-refractivity contribution in [1.82, 2.24) is 15.5 Å². The Morgan fingerprint density at radius 2 is 1.81 bits per heavy atom. The summed E-state index contributed by atoms with van der Waals surface area (Å²) >= 11 is 0. The molecule has 0 spiro atoms. The number of aliphatic imine (C=N–C) groups is 1. The quantitative estimate of drug-likeness (QED) is 0.183. The Balaban J connectivity index is 0.00000364. The van der Waals surface area contributed by atoms with Crippen LogP contribution in [0.25, 0.3) is 0 Å². The molecular weight excluding hydrogens is 459 g/mol. The van der Waals surface area contributed by atoms with Crippen LogP contribution < -0.4 is 10.6 Å². The molecule has 0 bridgehead atoms. The molecule has 27 heavy (non-hydrogen) atoms. The Morgan fingerprint density at radius 1 is 1.19 bits per heavy atom. The number of carbonyl (C=O) groups excluding carboxylic acids is 2. The van der Waals surface area contributed by atoms with E-state index in [9.17, 15) is 9.59 Å². The lowest BCUT2D eigenvalue weighted by molar-refractivity contribution is 0.0652. The van der Waals surface area contributed by atoms with Gasteiger partial charge in [0.05, 0.1) is 17.7 Å². The zero-order valence-corrected chi connectivity index (χ0v) is 18.5. The van der Waals surface area contributed by atoms with Gasteiger partial charge in [0.1, 0.15) is 0 Å². The molecule has 2 N–H and O–H groups in total. The van der Waals surface area contributed by atoms with Gasteiger partial charge in [-0.2, -0.15) is 0 Å². The molecule has 0 aliphatic carbocycles. The molecule has 2 rings (SSSR count). The monoisotopic (exact) mass is 488 g/mol. The number of rotatable bonds is 9. The first kappa shape index (κ1) is 23.4. The van der Waals surface area contributed by atoms with Gasteiger partial charge in [0.25, 0.3) is 11.8 Å². The van der Waals surface area contributed by atoms with Gasteiger partial charge in [0.2, 0.25) is 0 Å². The van der Waals surface area contributed by atoms with Crippen molar-refractivity contribution in [2.24, 2.45) is 4.99 Å². The number of carbonyl (C=O) groups is 2. The van der Waals surface area contributed by atoms with E-state index in [1.54, 1.807) is 31.4 Å². The van der Waals surface area contributed by atoms with Crippen LogP contribution in [0.3, 0.4) is 0 Å². The number of hydrogen-bond donors (Lipinski definition) is 2. The highest BCUT2D eigenvalue weighted by molar-refractivity contribution is 14.0. The van der Waals surface area contributed by atoms with Crippen molar-refractivity contribution < 1.29 is 14.3 Å². The van der Waals surface area contributed by atoms with E-state index in [0.29, 0.717) is 30.8 Å².